The molecular weight excluding hydrogens is 350 g/mol. The summed E-state index contributed by atoms with van der Waals surface area (Å²) in [5.74, 6) is -1.97. The Morgan fingerprint density at radius 1 is 0.926 bits per heavy atom. The van der Waals surface area contributed by atoms with Gasteiger partial charge in [0.2, 0.25) is 0 Å². The summed E-state index contributed by atoms with van der Waals surface area (Å²) in [5, 5.41) is 0. The normalized spacial score (nSPS) is 18.9. The van der Waals surface area contributed by atoms with Crippen molar-refractivity contribution in [3.63, 3.8) is 0 Å². The highest BCUT2D eigenvalue weighted by molar-refractivity contribution is 6.44. The minimum absolute atomic E-state index is 0.0958. The molecule has 1 aliphatic carbocycles. The second-order valence-corrected chi connectivity index (χ2v) is 7.05. The van der Waals surface area contributed by atoms with E-state index in [4.69, 9.17) is 4.42 Å². The van der Waals surface area contributed by atoms with Crippen LogP contribution < -0.4 is 5.76 Å². The zero-order valence-corrected chi connectivity index (χ0v) is 14.9. The van der Waals surface area contributed by atoms with Crippen LogP contribution in [0, 0.1) is 0 Å². The fourth-order valence-corrected chi connectivity index (χ4v) is 3.99. The Hall–Kier alpha value is -2.90. The number of benzene rings is 1. The SMILES string of the molecule is O=C1C(=O)N(C2CCCCC2)C(=O)N1CCCn1c(=O)oc2ccccc21. The van der Waals surface area contributed by atoms with Gasteiger partial charge in [-0.25, -0.2) is 9.59 Å². The zero-order chi connectivity index (χ0) is 19.0. The number of fused-ring (bicyclic) bond motifs is 1. The molecule has 0 unspecified atom stereocenters. The number of aromatic nitrogens is 1. The van der Waals surface area contributed by atoms with Gasteiger partial charge in [0.1, 0.15) is 0 Å². The Bertz CT molecular complexity index is 954. The summed E-state index contributed by atoms with van der Waals surface area (Å²) in [5.41, 5.74) is 1.16. The summed E-state index contributed by atoms with van der Waals surface area (Å²) < 4.78 is 6.65. The molecule has 2 aliphatic rings. The van der Waals surface area contributed by atoms with E-state index in [1.54, 1.807) is 18.2 Å². The number of amides is 4. The standard InChI is InChI=1S/C19H21N3O5/c23-16-17(24)22(13-7-2-1-3-8-13)18(25)21(16)12-6-11-20-14-9-4-5-10-15(14)27-19(20)26/h4-5,9-10,13H,1-3,6-8,11-12H2. The minimum Gasteiger partial charge on any atom is -0.408 e. The van der Waals surface area contributed by atoms with Crippen molar-refractivity contribution in [2.45, 2.75) is 51.1 Å². The average Bonchev–Trinajstić information content (AvgIpc) is 3.11. The van der Waals surface area contributed by atoms with Crippen molar-refractivity contribution in [1.29, 1.82) is 0 Å². The van der Waals surface area contributed by atoms with E-state index in [0.717, 1.165) is 41.9 Å². The van der Waals surface area contributed by atoms with E-state index in [1.165, 1.54) is 4.57 Å². The van der Waals surface area contributed by atoms with Gasteiger partial charge in [0.15, 0.2) is 5.58 Å². The molecule has 0 atom stereocenters. The molecule has 142 valence electrons. The number of hydrogen-bond acceptors (Lipinski definition) is 5. The van der Waals surface area contributed by atoms with Crippen LogP contribution >= 0.6 is 0 Å². The molecule has 4 amide bonds. The minimum atomic E-state index is -0.769. The molecule has 27 heavy (non-hydrogen) atoms. The van der Waals surface area contributed by atoms with Gasteiger partial charge in [-0.05, 0) is 31.4 Å². The topological polar surface area (TPSA) is 92.8 Å². The molecule has 4 rings (SSSR count). The van der Waals surface area contributed by atoms with Crippen LogP contribution in [0.4, 0.5) is 4.79 Å². The number of para-hydroxylation sites is 2. The van der Waals surface area contributed by atoms with Gasteiger partial charge in [0.25, 0.3) is 0 Å². The third kappa shape index (κ3) is 3.05. The number of hydrogen-bond donors (Lipinski definition) is 0. The van der Waals surface area contributed by atoms with Crippen molar-refractivity contribution in [3.8, 4) is 0 Å². The Kier molecular flexibility index (Phi) is 4.55. The molecule has 1 aromatic carbocycles. The first kappa shape index (κ1) is 17.5. The van der Waals surface area contributed by atoms with Crippen LogP contribution in [0.2, 0.25) is 0 Å². The molecule has 2 fully saturated rings. The molecule has 0 bridgehead atoms. The van der Waals surface area contributed by atoms with Gasteiger partial charge in [0, 0.05) is 19.1 Å². The lowest BCUT2D eigenvalue weighted by Crippen LogP contribution is -2.42. The first-order chi connectivity index (χ1) is 13.1. The average molecular weight is 371 g/mol. The largest absolute Gasteiger partial charge is 0.419 e. The number of nitrogens with zero attached hydrogens (tertiary/aromatic N) is 3. The summed E-state index contributed by atoms with van der Waals surface area (Å²) in [6.45, 7) is 0.392. The molecule has 1 saturated carbocycles. The molecule has 0 spiro atoms. The number of urea groups is 1. The van der Waals surface area contributed by atoms with Gasteiger partial charge in [-0.15, -0.1) is 0 Å². The zero-order valence-electron chi connectivity index (χ0n) is 14.9. The first-order valence-electron chi connectivity index (χ1n) is 9.35. The molecule has 2 aromatic rings. The van der Waals surface area contributed by atoms with E-state index in [1.807, 2.05) is 6.07 Å². The maximum atomic E-state index is 12.6. The van der Waals surface area contributed by atoms with Crippen molar-refractivity contribution in [2.24, 2.45) is 0 Å². The molecule has 2 heterocycles. The lowest BCUT2D eigenvalue weighted by atomic mass is 9.94. The second kappa shape index (κ2) is 7.02. The molecule has 8 nitrogen and oxygen atoms in total. The van der Waals surface area contributed by atoms with E-state index in [9.17, 15) is 19.2 Å². The van der Waals surface area contributed by atoms with E-state index in [-0.39, 0.29) is 12.6 Å². The highest BCUT2D eigenvalue weighted by Gasteiger charge is 2.47. The first-order valence-corrected chi connectivity index (χ1v) is 9.35. The maximum absolute atomic E-state index is 12.6. The van der Waals surface area contributed by atoms with Gasteiger partial charge >= 0.3 is 23.6 Å². The van der Waals surface area contributed by atoms with Crippen molar-refractivity contribution < 1.29 is 18.8 Å². The monoisotopic (exact) mass is 371 g/mol. The molecule has 1 aromatic heterocycles. The van der Waals surface area contributed by atoms with Gasteiger partial charge in [-0.1, -0.05) is 31.4 Å². The highest BCUT2D eigenvalue weighted by atomic mass is 16.4. The van der Waals surface area contributed by atoms with Crippen LogP contribution in [-0.4, -0.2) is 44.8 Å². The predicted molar refractivity (Wildman–Crippen MR) is 95.9 cm³/mol. The van der Waals surface area contributed by atoms with Crippen LogP contribution in [0.1, 0.15) is 38.5 Å². The maximum Gasteiger partial charge on any atom is 0.419 e. The Balaban J connectivity index is 1.44. The molecule has 0 N–H and O–H groups in total. The fraction of sp³-hybridized carbons (Fsp3) is 0.474. The van der Waals surface area contributed by atoms with Crippen molar-refractivity contribution in [2.75, 3.05) is 6.54 Å². The summed E-state index contributed by atoms with van der Waals surface area (Å²) in [4.78, 5) is 51.3. The van der Waals surface area contributed by atoms with Crippen LogP contribution in [0.25, 0.3) is 11.1 Å². The fourth-order valence-electron chi connectivity index (χ4n) is 3.99. The van der Waals surface area contributed by atoms with Crippen LogP contribution in [0.5, 0.6) is 0 Å². The van der Waals surface area contributed by atoms with E-state index < -0.39 is 23.6 Å². The number of imide groups is 2. The number of aryl methyl sites for hydroxylation is 1. The highest BCUT2D eigenvalue weighted by Crippen LogP contribution is 2.27. The number of carbonyl (C=O) groups excluding carboxylic acids is 3. The van der Waals surface area contributed by atoms with Gasteiger partial charge in [-0.3, -0.25) is 24.0 Å². The molecule has 1 aliphatic heterocycles. The van der Waals surface area contributed by atoms with Gasteiger partial charge < -0.3 is 4.42 Å². The van der Waals surface area contributed by atoms with E-state index in [2.05, 4.69) is 0 Å². The van der Waals surface area contributed by atoms with Crippen LogP contribution in [0.3, 0.4) is 0 Å². The Morgan fingerprint density at radius 3 is 2.44 bits per heavy atom. The van der Waals surface area contributed by atoms with E-state index in [0.29, 0.717) is 24.1 Å². The molecular formula is C19H21N3O5. The van der Waals surface area contributed by atoms with Gasteiger partial charge in [-0.2, -0.15) is 0 Å². The second-order valence-electron chi connectivity index (χ2n) is 7.05. The number of oxazole rings is 1. The van der Waals surface area contributed by atoms with Crippen LogP contribution in [-0.2, 0) is 16.1 Å². The smallest absolute Gasteiger partial charge is 0.408 e. The summed E-state index contributed by atoms with van der Waals surface area (Å²) in [6.07, 6.45) is 4.91. The molecule has 1 saturated heterocycles. The quantitative estimate of drug-likeness (QED) is 0.593. The van der Waals surface area contributed by atoms with Crippen molar-refractivity contribution >= 4 is 28.9 Å². The van der Waals surface area contributed by atoms with Crippen molar-refractivity contribution in [3.05, 3.63) is 34.8 Å². The Labute approximate surface area is 155 Å². The summed E-state index contributed by atoms with van der Waals surface area (Å²) >= 11 is 0. The van der Waals surface area contributed by atoms with Crippen molar-refractivity contribution in [1.82, 2.24) is 14.4 Å². The third-order valence-corrected chi connectivity index (χ3v) is 5.36. The van der Waals surface area contributed by atoms with Gasteiger partial charge in [0.05, 0.1) is 5.52 Å². The third-order valence-electron chi connectivity index (χ3n) is 5.36. The molecule has 0 radical (unpaired) electrons. The molecule has 8 heteroatoms. The van der Waals surface area contributed by atoms with Crippen LogP contribution in [0.15, 0.2) is 33.5 Å². The van der Waals surface area contributed by atoms with E-state index >= 15 is 0 Å². The summed E-state index contributed by atoms with van der Waals surface area (Å²) in [6, 6.07) is 6.38. The lowest BCUT2D eigenvalue weighted by molar-refractivity contribution is -0.144. The number of carbonyl (C=O) groups is 3. The Morgan fingerprint density at radius 2 is 1.67 bits per heavy atom. The lowest BCUT2D eigenvalue weighted by Gasteiger charge is -2.28. The predicted octanol–water partition coefficient (Wildman–Crippen LogP) is 2.11. The number of rotatable bonds is 5. The summed E-state index contributed by atoms with van der Waals surface area (Å²) in [7, 11) is 0.